The van der Waals surface area contributed by atoms with Crippen molar-refractivity contribution < 1.29 is 19.4 Å². The predicted octanol–water partition coefficient (Wildman–Crippen LogP) is 1.62. The van der Waals surface area contributed by atoms with E-state index in [2.05, 4.69) is 9.97 Å². The number of carboxylic acids is 1. The first kappa shape index (κ1) is 12.8. The molecule has 1 heterocycles. The second kappa shape index (κ2) is 5.81. The first-order chi connectivity index (χ1) is 9.19. The number of hydrogen-bond acceptors (Lipinski definition) is 5. The highest BCUT2D eigenvalue weighted by Gasteiger charge is 2.05. The van der Waals surface area contributed by atoms with Gasteiger partial charge in [0.15, 0.2) is 12.4 Å². The fraction of sp³-hybridized carbons (Fsp3) is 0.154. The molecular weight excluding hydrogens is 248 g/mol. The number of aromatic nitrogens is 2. The molecule has 19 heavy (non-hydrogen) atoms. The molecule has 6 nitrogen and oxygen atoms in total. The molecule has 0 saturated carbocycles. The van der Waals surface area contributed by atoms with Crippen LogP contribution in [0.1, 0.15) is 0 Å². The van der Waals surface area contributed by atoms with E-state index >= 15 is 0 Å². The van der Waals surface area contributed by atoms with Crippen LogP contribution in [0.5, 0.6) is 11.6 Å². The Morgan fingerprint density at radius 1 is 1.26 bits per heavy atom. The second-order valence-corrected chi connectivity index (χ2v) is 3.63. The molecule has 0 aliphatic heterocycles. The summed E-state index contributed by atoms with van der Waals surface area (Å²) in [6.07, 6.45) is 1.52. The Labute approximate surface area is 109 Å². The Hall–Kier alpha value is -2.63. The molecule has 98 valence electrons. The number of benzene rings is 1. The maximum absolute atomic E-state index is 10.4. The molecule has 2 rings (SSSR count). The third-order valence-electron chi connectivity index (χ3n) is 2.32. The highest BCUT2D eigenvalue weighted by atomic mass is 16.5. The highest BCUT2D eigenvalue weighted by Crippen LogP contribution is 2.20. The summed E-state index contributed by atoms with van der Waals surface area (Å²) < 4.78 is 10.1. The quantitative estimate of drug-likeness (QED) is 0.879. The smallest absolute Gasteiger partial charge is 0.341 e. The molecule has 0 amide bonds. The van der Waals surface area contributed by atoms with Crippen LogP contribution in [0.25, 0.3) is 11.4 Å². The summed E-state index contributed by atoms with van der Waals surface area (Å²) >= 11 is 0. The van der Waals surface area contributed by atoms with E-state index in [1.807, 2.05) is 12.1 Å². The number of hydrogen-bond donors (Lipinski definition) is 1. The minimum absolute atomic E-state index is 0.225. The van der Waals surface area contributed by atoms with Gasteiger partial charge in [0.1, 0.15) is 5.75 Å². The minimum atomic E-state index is -1.05. The van der Waals surface area contributed by atoms with E-state index in [9.17, 15) is 4.79 Å². The van der Waals surface area contributed by atoms with Crippen LogP contribution in [-0.4, -0.2) is 34.8 Å². The van der Waals surface area contributed by atoms with E-state index in [1.54, 1.807) is 19.2 Å². The minimum Gasteiger partial charge on any atom is -0.497 e. The lowest BCUT2D eigenvalue weighted by Crippen LogP contribution is -2.10. The van der Waals surface area contributed by atoms with Crippen molar-refractivity contribution in [3.8, 4) is 23.0 Å². The molecule has 1 aromatic carbocycles. The topological polar surface area (TPSA) is 81.5 Å². The molecule has 0 aliphatic rings. The van der Waals surface area contributed by atoms with E-state index < -0.39 is 12.6 Å². The average molecular weight is 260 g/mol. The van der Waals surface area contributed by atoms with Crippen LogP contribution in [0.4, 0.5) is 0 Å². The predicted molar refractivity (Wildman–Crippen MR) is 67.2 cm³/mol. The van der Waals surface area contributed by atoms with E-state index in [0.29, 0.717) is 5.82 Å². The first-order valence-corrected chi connectivity index (χ1v) is 5.51. The zero-order valence-corrected chi connectivity index (χ0v) is 10.2. The van der Waals surface area contributed by atoms with Crippen molar-refractivity contribution in [3.63, 3.8) is 0 Å². The Balaban J connectivity index is 2.19. The Morgan fingerprint density at radius 2 is 2.00 bits per heavy atom. The molecule has 0 aliphatic carbocycles. The van der Waals surface area contributed by atoms with Crippen molar-refractivity contribution in [1.82, 2.24) is 9.97 Å². The molecule has 2 aromatic rings. The van der Waals surface area contributed by atoms with Gasteiger partial charge in [-0.1, -0.05) is 0 Å². The van der Waals surface area contributed by atoms with Gasteiger partial charge in [0.05, 0.1) is 7.11 Å². The number of carboxylic acid groups (broad SMARTS) is 1. The maximum atomic E-state index is 10.4. The Kier molecular flexibility index (Phi) is 3.92. The van der Waals surface area contributed by atoms with Gasteiger partial charge in [-0.05, 0) is 24.3 Å². The summed E-state index contributed by atoms with van der Waals surface area (Å²) in [6, 6.07) is 8.73. The number of rotatable bonds is 5. The van der Waals surface area contributed by atoms with Gasteiger partial charge >= 0.3 is 5.97 Å². The summed E-state index contributed by atoms with van der Waals surface area (Å²) in [5, 5.41) is 8.54. The van der Waals surface area contributed by atoms with Crippen LogP contribution in [0.2, 0.25) is 0 Å². The van der Waals surface area contributed by atoms with E-state index in [4.69, 9.17) is 14.6 Å². The van der Waals surface area contributed by atoms with E-state index in [-0.39, 0.29) is 5.88 Å². The molecule has 0 unspecified atom stereocenters. The first-order valence-electron chi connectivity index (χ1n) is 5.51. The van der Waals surface area contributed by atoms with Crippen molar-refractivity contribution in [2.45, 2.75) is 0 Å². The molecule has 0 fully saturated rings. The number of ether oxygens (including phenoxy) is 2. The number of carbonyl (C=O) groups is 1. The molecular formula is C13H12N2O4. The zero-order valence-electron chi connectivity index (χ0n) is 10.2. The van der Waals surface area contributed by atoms with Gasteiger partial charge in [0.25, 0.3) is 0 Å². The van der Waals surface area contributed by atoms with Gasteiger partial charge in [0.2, 0.25) is 5.88 Å². The van der Waals surface area contributed by atoms with Crippen LogP contribution in [0.3, 0.4) is 0 Å². The van der Waals surface area contributed by atoms with Crippen molar-refractivity contribution in [2.24, 2.45) is 0 Å². The summed E-state index contributed by atoms with van der Waals surface area (Å²) in [5.41, 5.74) is 0.793. The van der Waals surface area contributed by atoms with Gasteiger partial charge in [-0.15, -0.1) is 0 Å². The molecule has 0 radical (unpaired) electrons. The zero-order chi connectivity index (χ0) is 13.7. The SMILES string of the molecule is COc1ccc(-c2nccc(OCC(=O)O)n2)cc1. The molecule has 1 N–H and O–H groups in total. The van der Waals surface area contributed by atoms with Crippen LogP contribution < -0.4 is 9.47 Å². The second-order valence-electron chi connectivity index (χ2n) is 3.63. The van der Waals surface area contributed by atoms with E-state index in [1.165, 1.54) is 12.3 Å². The summed E-state index contributed by atoms with van der Waals surface area (Å²) in [6.45, 7) is -0.431. The molecule has 6 heteroatoms. The summed E-state index contributed by atoms with van der Waals surface area (Å²) in [4.78, 5) is 18.7. The lowest BCUT2D eigenvalue weighted by Gasteiger charge is -2.05. The Bertz CT molecular complexity index is 569. The lowest BCUT2D eigenvalue weighted by atomic mass is 10.2. The van der Waals surface area contributed by atoms with Crippen LogP contribution in [-0.2, 0) is 4.79 Å². The average Bonchev–Trinajstić information content (AvgIpc) is 2.45. The summed E-state index contributed by atoms with van der Waals surface area (Å²) in [5.74, 6) is 0.375. The van der Waals surface area contributed by atoms with Gasteiger partial charge in [0, 0.05) is 17.8 Å². The third kappa shape index (κ3) is 3.41. The van der Waals surface area contributed by atoms with Crippen molar-refractivity contribution in [2.75, 3.05) is 13.7 Å². The van der Waals surface area contributed by atoms with Gasteiger partial charge < -0.3 is 14.6 Å². The Morgan fingerprint density at radius 3 is 2.63 bits per heavy atom. The van der Waals surface area contributed by atoms with Crippen molar-refractivity contribution in [1.29, 1.82) is 0 Å². The number of aliphatic carboxylic acids is 1. The van der Waals surface area contributed by atoms with Gasteiger partial charge in [-0.2, -0.15) is 4.98 Å². The molecule has 0 bridgehead atoms. The number of methoxy groups -OCH3 is 1. The molecule has 0 atom stereocenters. The van der Waals surface area contributed by atoms with Crippen LogP contribution >= 0.6 is 0 Å². The van der Waals surface area contributed by atoms with E-state index in [0.717, 1.165) is 11.3 Å². The van der Waals surface area contributed by atoms with Gasteiger partial charge in [-0.3, -0.25) is 0 Å². The van der Waals surface area contributed by atoms with Crippen molar-refractivity contribution >= 4 is 5.97 Å². The third-order valence-corrected chi connectivity index (χ3v) is 2.32. The maximum Gasteiger partial charge on any atom is 0.341 e. The molecule has 1 aromatic heterocycles. The van der Waals surface area contributed by atoms with Crippen LogP contribution in [0.15, 0.2) is 36.5 Å². The largest absolute Gasteiger partial charge is 0.497 e. The molecule has 0 saturated heterocycles. The fourth-order valence-electron chi connectivity index (χ4n) is 1.44. The van der Waals surface area contributed by atoms with Crippen molar-refractivity contribution in [3.05, 3.63) is 36.5 Å². The summed E-state index contributed by atoms with van der Waals surface area (Å²) in [7, 11) is 1.59. The normalized spacial score (nSPS) is 9.95. The lowest BCUT2D eigenvalue weighted by molar-refractivity contribution is -0.139. The standard InChI is InChI=1S/C13H12N2O4/c1-18-10-4-2-9(3-5-10)13-14-7-6-11(15-13)19-8-12(16)17/h2-7H,8H2,1H3,(H,16,17). The number of nitrogens with zero attached hydrogens (tertiary/aromatic N) is 2. The van der Waals surface area contributed by atoms with Crippen LogP contribution in [0, 0.1) is 0 Å². The fourth-order valence-corrected chi connectivity index (χ4v) is 1.44. The molecule has 0 spiro atoms. The highest BCUT2D eigenvalue weighted by molar-refractivity contribution is 5.68. The monoisotopic (exact) mass is 260 g/mol. The van der Waals surface area contributed by atoms with Gasteiger partial charge in [-0.25, -0.2) is 9.78 Å².